The van der Waals surface area contributed by atoms with E-state index in [1.165, 1.54) is 22.3 Å². The van der Waals surface area contributed by atoms with Gasteiger partial charge in [-0.25, -0.2) is 8.78 Å². The molecule has 3 rings (SSSR count). The number of hydrogen-bond acceptors (Lipinski definition) is 3. The standard InChI is InChI=1S/C22H20F2N2O2S/c1-14(17-9-10-18(23)19(24)12-17)26(2)22(28)16-7-5-15(6-8-16)13-25-21(27)20-4-3-11-29-20/h3-12,14H,13H2,1-2H3,(H,25,27)/t14-/m0/s1. The summed E-state index contributed by atoms with van der Waals surface area (Å²) in [6, 6.07) is 13.7. The highest BCUT2D eigenvalue weighted by atomic mass is 32.1. The Morgan fingerprint density at radius 3 is 2.41 bits per heavy atom. The Balaban J connectivity index is 1.63. The van der Waals surface area contributed by atoms with E-state index in [0.29, 0.717) is 22.5 Å². The fourth-order valence-electron chi connectivity index (χ4n) is 2.82. The molecule has 0 radical (unpaired) electrons. The van der Waals surface area contributed by atoms with Crippen LogP contribution >= 0.6 is 11.3 Å². The van der Waals surface area contributed by atoms with E-state index in [1.54, 1.807) is 44.3 Å². The van der Waals surface area contributed by atoms with Crippen LogP contribution in [-0.4, -0.2) is 23.8 Å². The van der Waals surface area contributed by atoms with Crippen LogP contribution in [0.5, 0.6) is 0 Å². The SMILES string of the molecule is C[C@@H](c1ccc(F)c(F)c1)N(C)C(=O)c1ccc(CNC(=O)c2cccs2)cc1. The first kappa shape index (κ1) is 20.7. The fraction of sp³-hybridized carbons (Fsp3) is 0.182. The molecule has 0 unspecified atom stereocenters. The molecule has 150 valence electrons. The second-order valence-corrected chi connectivity index (χ2v) is 7.57. The minimum atomic E-state index is -0.941. The van der Waals surface area contributed by atoms with E-state index in [-0.39, 0.29) is 11.8 Å². The number of halogens is 2. The van der Waals surface area contributed by atoms with Crippen LogP contribution in [0.3, 0.4) is 0 Å². The van der Waals surface area contributed by atoms with Crippen LogP contribution < -0.4 is 5.32 Å². The maximum atomic E-state index is 13.5. The molecule has 7 heteroatoms. The highest BCUT2D eigenvalue weighted by molar-refractivity contribution is 7.12. The van der Waals surface area contributed by atoms with Crippen molar-refractivity contribution in [3.63, 3.8) is 0 Å². The summed E-state index contributed by atoms with van der Waals surface area (Å²) in [5.41, 5.74) is 1.84. The van der Waals surface area contributed by atoms with Crippen molar-refractivity contribution in [2.75, 3.05) is 7.05 Å². The Morgan fingerprint density at radius 2 is 1.79 bits per heavy atom. The number of carbonyl (C=O) groups is 2. The van der Waals surface area contributed by atoms with E-state index in [1.807, 2.05) is 11.4 Å². The molecule has 2 amide bonds. The van der Waals surface area contributed by atoms with Crippen LogP contribution in [-0.2, 0) is 6.54 Å². The topological polar surface area (TPSA) is 49.4 Å². The van der Waals surface area contributed by atoms with E-state index in [4.69, 9.17) is 0 Å². The largest absolute Gasteiger partial charge is 0.347 e. The summed E-state index contributed by atoms with van der Waals surface area (Å²) in [6.45, 7) is 2.10. The van der Waals surface area contributed by atoms with Crippen molar-refractivity contribution >= 4 is 23.2 Å². The molecule has 0 aliphatic carbocycles. The number of thiophene rings is 1. The Morgan fingerprint density at radius 1 is 1.07 bits per heavy atom. The van der Waals surface area contributed by atoms with Crippen molar-refractivity contribution < 1.29 is 18.4 Å². The van der Waals surface area contributed by atoms with Gasteiger partial charge in [-0.1, -0.05) is 24.3 Å². The van der Waals surface area contributed by atoms with Crippen molar-refractivity contribution in [1.82, 2.24) is 10.2 Å². The molecule has 4 nitrogen and oxygen atoms in total. The molecule has 2 aromatic carbocycles. The molecule has 1 heterocycles. The highest BCUT2D eigenvalue weighted by Crippen LogP contribution is 2.22. The Labute approximate surface area is 171 Å². The molecule has 0 fully saturated rings. The first-order valence-electron chi connectivity index (χ1n) is 8.99. The summed E-state index contributed by atoms with van der Waals surface area (Å²) in [5, 5.41) is 4.67. The summed E-state index contributed by atoms with van der Waals surface area (Å²) in [4.78, 5) is 26.8. The summed E-state index contributed by atoms with van der Waals surface area (Å²) >= 11 is 1.37. The van der Waals surface area contributed by atoms with Gasteiger partial charge < -0.3 is 10.2 Å². The number of carbonyl (C=O) groups excluding carboxylic acids is 2. The summed E-state index contributed by atoms with van der Waals surface area (Å²) in [6.07, 6.45) is 0. The Kier molecular flexibility index (Phi) is 6.39. The smallest absolute Gasteiger partial charge is 0.261 e. The maximum Gasteiger partial charge on any atom is 0.261 e. The number of rotatable bonds is 6. The third-order valence-corrected chi connectivity index (χ3v) is 5.59. The summed E-state index contributed by atoms with van der Waals surface area (Å²) in [5.74, 6) is -2.24. The van der Waals surface area contributed by atoms with Crippen molar-refractivity contribution in [2.24, 2.45) is 0 Å². The van der Waals surface area contributed by atoms with Crippen LogP contribution in [0.15, 0.2) is 60.0 Å². The zero-order valence-electron chi connectivity index (χ0n) is 16.0. The Bertz CT molecular complexity index is 1000. The second kappa shape index (κ2) is 8.96. The third-order valence-electron chi connectivity index (χ3n) is 4.73. The fourth-order valence-corrected chi connectivity index (χ4v) is 3.46. The van der Waals surface area contributed by atoms with Crippen molar-refractivity contribution in [3.8, 4) is 0 Å². The lowest BCUT2D eigenvalue weighted by atomic mass is 10.1. The van der Waals surface area contributed by atoms with Crippen LogP contribution in [0, 0.1) is 11.6 Å². The summed E-state index contributed by atoms with van der Waals surface area (Å²) < 4.78 is 26.6. The maximum absolute atomic E-state index is 13.5. The normalized spacial score (nSPS) is 11.7. The van der Waals surface area contributed by atoms with E-state index >= 15 is 0 Å². The second-order valence-electron chi connectivity index (χ2n) is 6.62. The molecular weight excluding hydrogens is 394 g/mol. The number of nitrogens with zero attached hydrogens (tertiary/aromatic N) is 1. The van der Waals surface area contributed by atoms with Gasteiger partial charge in [-0.15, -0.1) is 11.3 Å². The first-order chi connectivity index (χ1) is 13.9. The molecule has 1 aromatic heterocycles. The lowest BCUT2D eigenvalue weighted by molar-refractivity contribution is 0.0742. The molecule has 0 saturated carbocycles. The molecule has 1 atom stereocenters. The van der Waals surface area contributed by atoms with Crippen molar-refractivity contribution in [1.29, 1.82) is 0 Å². The molecule has 0 spiro atoms. The van der Waals surface area contributed by atoms with Gasteiger partial charge >= 0.3 is 0 Å². The molecule has 1 N–H and O–H groups in total. The van der Waals surface area contributed by atoms with E-state index < -0.39 is 17.7 Å². The molecule has 3 aromatic rings. The third kappa shape index (κ3) is 4.86. The van der Waals surface area contributed by atoms with Crippen LogP contribution in [0.1, 0.15) is 44.1 Å². The van der Waals surface area contributed by atoms with Crippen molar-refractivity contribution in [2.45, 2.75) is 19.5 Å². The monoisotopic (exact) mass is 414 g/mol. The average Bonchev–Trinajstić information content (AvgIpc) is 3.28. The zero-order valence-corrected chi connectivity index (χ0v) is 16.8. The molecule has 29 heavy (non-hydrogen) atoms. The quantitative estimate of drug-likeness (QED) is 0.631. The Hall–Kier alpha value is -3.06. The lowest BCUT2D eigenvalue weighted by Crippen LogP contribution is -2.29. The molecule has 0 aliphatic heterocycles. The number of hydrogen-bond donors (Lipinski definition) is 1. The van der Waals surface area contributed by atoms with Gasteiger partial charge in [0.2, 0.25) is 0 Å². The van der Waals surface area contributed by atoms with Gasteiger partial charge in [0.1, 0.15) is 0 Å². The van der Waals surface area contributed by atoms with Crippen LogP contribution in [0.4, 0.5) is 8.78 Å². The van der Waals surface area contributed by atoms with Crippen LogP contribution in [0.25, 0.3) is 0 Å². The summed E-state index contributed by atoms with van der Waals surface area (Å²) in [7, 11) is 1.61. The van der Waals surface area contributed by atoms with Crippen LogP contribution in [0.2, 0.25) is 0 Å². The molecule has 0 aliphatic rings. The zero-order chi connectivity index (χ0) is 21.0. The first-order valence-corrected chi connectivity index (χ1v) is 9.87. The average molecular weight is 414 g/mol. The van der Waals surface area contributed by atoms with E-state index in [2.05, 4.69) is 5.32 Å². The lowest BCUT2D eigenvalue weighted by Gasteiger charge is -2.25. The van der Waals surface area contributed by atoms with E-state index in [9.17, 15) is 18.4 Å². The predicted molar refractivity (Wildman–Crippen MR) is 109 cm³/mol. The molecular formula is C22H20F2N2O2S. The minimum Gasteiger partial charge on any atom is -0.347 e. The van der Waals surface area contributed by atoms with Gasteiger partial charge in [0.25, 0.3) is 11.8 Å². The number of amides is 2. The van der Waals surface area contributed by atoms with Gasteiger partial charge in [-0.3, -0.25) is 9.59 Å². The van der Waals surface area contributed by atoms with E-state index in [0.717, 1.165) is 17.7 Å². The van der Waals surface area contributed by atoms with Gasteiger partial charge in [0, 0.05) is 19.2 Å². The van der Waals surface area contributed by atoms with Gasteiger partial charge in [0.05, 0.1) is 10.9 Å². The van der Waals surface area contributed by atoms with Gasteiger partial charge in [0.15, 0.2) is 11.6 Å². The minimum absolute atomic E-state index is 0.139. The van der Waals surface area contributed by atoms with Crippen molar-refractivity contribution in [3.05, 3.63) is 93.2 Å². The van der Waals surface area contributed by atoms with Gasteiger partial charge in [-0.2, -0.15) is 0 Å². The van der Waals surface area contributed by atoms with Gasteiger partial charge in [-0.05, 0) is 53.8 Å². The predicted octanol–water partition coefficient (Wildman–Crippen LogP) is 4.79. The number of benzene rings is 2. The molecule has 0 bridgehead atoms. The number of nitrogens with one attached hydrogen (secondary N) is 1. The molecule has 0 saturated heterocycles. The highest BCUT2D eigenvalue weighted by Gasteiger charge is 2.20.